The molecule has 1 unspecified atom stereocenters. The molecule has 1 saturated heterocycles. The topological polar surface area (TPSA) is 104 Å². The van der Waals surface area contributed by atoms with Crippen molar-refractivity contribution in [1.82, 2.24) is 9.96 Å². The number of hydroxylamine groups is 2. The maximum absolute atomic E-state index is 11.4. The second-order valence-electron chi connectivity index (χ2n) is 3.44. The molecule has 0 aromatic rings. The summed E-state index contributed by atoms with van der Waals surface area (Å²) < 4.78 is 0. The Bertz CT molecular complexity index is 425. The number of carbonyl (C=O) groups excluding carboxylic acids is 4. The van der Waals surface area contributed by atoms with E-state index in [-0.39, 0.29) is 17.7 Å². The molecule has 2 aliphatic rings. The Hall–Kier alpha value is -2.22. The molecule has 2 rings (SSSR count). The SMILES string of the molecule is O=C1C=CC(=O)N1C(=O)ON1C(=O)CCC1O. The lowest BCUT2D eigenvalue weighted by molar-refractivity contribution is -0.194. The molecule has 0 bridgehead atoms. The highest BCUT2D eigenvalue weighted by Gasteiger charge is 2.38. The van der Waals surface area contributed by atoms with E-state index >= 15 is 0 Å². The second kappa shape index (κ2) is 3.98. The number of imide groups is 3. The number of rotatable bonds is 1. The highest BCUT2D eigenvalue weighted by molar-refractivity contribution is 6.21. The van der Waals surface area contributed by atoms with Crippen molar-refractivity contribution in [2.45, 2.75) is 19.1 Å². The minimum absolute atomic E-state index is 0.0363. The summed E-state index contributed by atoms with van der Waals surface area (Å²) in [5.74, 6) is -2.28. The summed E-state index contributed by atoms with van der Waals surface area (Å²) >= 11 is 0. The smallest absolute Gasteiger partial charge is 0.370 e. The lowest BCUT2D eigenvalue weighted by Crippen LogP contribution is -2.43. The molecule has 4 amide bonds. The van der Waals surface area contributed by atoms with Gasteiger partial charge >= 0.3 is 6.09 Å². The molecule has 17 heavy (non-hydrogen) atoms. The number of carbonyl (C=O) groups is 4. The Morgan fingerprint density at radius 2 is 1.88 bits per heavy atom. The molecule has 1 N–H and O–H groups in total. The number of aliphatic hydroxyl groups excluding tert-OH is 1. The van der Waals surface area contributed by atoms with Gasteiger partial charge in [-0.3, -0.25) is 14.4 Å². The van der Waals surface area contributed by atoms with E-state index < -0.39 is 30.0 Å². The third-order valence-electron chi connectivity index (χ3n) is 2.30. The van der Waals surface area contributed by atoms with Crippen molar-refractivity contribution < 1.29 is 29.1 Å². The minimum Gasteiger partial charge on any atom is -0.370 e. The maximum atomic E-state index is 11.4. The fourth-order valence-electron chi connectivity index (χ4n) is 1.46. The Morgan fingerprint density at radius 1 is 1.29 bits per heavy atom. The molecule has 90 valence electrons. The summed E-state index contributed by atoms with van der Waals surface area (Å²) in [7, 11) is 0. The third-order valence-corrected chi connectivity index (χ3v) is 2.30. The summed E-state index contributed by atoms with van der Waals surface area (Å²) in [6, 6.07) is 0. The first-order valence-electron chi connectivity index (χ1n) is 4.79. The summed E-state index contributed by atoms with van der Waals surface area (Å²) in [6.45, 7) is 0. The number of amides is 4. The average Bonchev–Trinajstić information content (AvgIpc) is 2.75. The van der Waals surface area contributed by atoms with Gasteiger partial charge in [-0.25, -0.2) is 4.79 Å². The van der Waals surface area contributed by atoms with Crippen molar-refractivity contribution in [1.29, 1.82) is 0 Å². The van der Waals surface area contributed by atoms with Crippen LogP contribution in [0.3, 0.4) is 0 Å². The first kappa shape index (κ1) is 11.3. The Labute approximate surface area is 95.0 Å². The van der Waals surface area contributed by atoms with Crippen LogP contribution < -0.4 is 0 Å². The first-order valence-corrected chi connectivity index (χ1v) is 4.79. The summed E-state index contributed by atoms with van der Waals surface area (Å²) in [5, 5.41) is 9.77. The van der Waals surface area contributed by atoms with Crippen LogP contribution in [-0.2, 0) is 19.2 Å². The van der Waals surface area contributed by atoms with Gasteiger partial charge in [-0.15, -0.1) is 5.06 Å². The van der Waals surface area contributed by atoms with Crippen molar-refractivity contribution in [3.05, 3.63) is 12.2 Å². The van der Waals surface area contributed by atoms with E-state index in [2.05, 4.69) is 4.84 Å². The third kappa shape index (κ3) is 1.89. The molecule has 1 fully saturated rings. The molecular weight excluding hydrogens is 232 g/mol. The van der Waals surface area contributed by atoms with Gasteiger partial charge in [0.1, 0.15) is 0 Å². The largest absolute Gasteiger partial charge is 0.448 e. The molecule has 0 spiro atoms. The van der Waals surface area contributed by atoms with Gasteiger partial charge in [-0.1, -0.05) is 0 Å². The quantitative estimate of drug-likeness (QED) is 0.583. The molecule has 0 aromatic heterocycles. The van der Waals surface area contributed by atoms with Gasteiger partial charge < -0.3 is 9.94 Å². The lowest BCUT2D eigenvalue weighted by Gasteiger charge is -2.20. The van der Waals surface area contributed by atoms with Crippen LogP contribution in [0, 0.1) is 0 Å². The highest BCUT2D eigenvalue weighted by atomic mass is 16.7. The average molecular weight is 240 g/mol. The van der Waals surface area contributed by atoms with Crippen LogP contribution in [0.25, 0.3) is 0 Å². The minimum atomic E-state index is -1.31. The van der Waals surface area contributed by atoms with Crippen molar-refractivity contribution >= 4 is 23.8 Å². The Balaban J connectivity index is 2.05. The zero-order chi connectivity index (χ0) is 12.6. The van der Waals surface area contributed by atoms with Gasteiger partial charge in [0.15, 0.2) is 6.23 Å². The molecular formula is C9H8N2O6. The van der Waals surface area contributed by atoms with E-state index in [1.165, 1.54) is 0 Å². The fraction of sp³-hybridized carbons (Fsp3) is 0.333. The second-order valence-corrected chi connectivity index (χ2v) is 3.44. The van der Waals surface area contributed by atoms with Crippen LogP contribution >= 0.6 is 0 Å². The highest BCUT2D eigenvalue weighted by Crippen LogP contribution is 2.18. The van der Waals surface area contributed by atoms with Gasteiger partial charge in [0, 0.05) is 25.0 Å². The number of nitrogens with zero attached hydrogens (tertiary/aromatic N) is 2. The number of hydrogen-bond donors (Lipinski definition) is 1. The van der Waals surface area contributed by atoms with Crippen molar-refractivity contribution in [2.75, 3.05) is 0 Å². The maximum Gasteiger partial charge on any atom is 0.448 e. The van der Waals surface area contributed by atoms with Gasteiger partial charge in [-0.05, 0) is 0 Å². The molecule has 0 aliphatic carbocycles. The van der Waals surface area contributed by atoms with Crippen LogP contribution in [0.4, 0.5) is 4.79 Å². The van der Waals surface area contributed by atoms with Crippen LogP contribution in [-0.4, -0.2) is 45.1 Å². The molecule has 1 atom stereocenters. The van der Waals surface area contributed by atoms with Gasteiger partial charge in [-0.2, -0.15) is 4.90 Å². The van der Waals surface area contributed by atoms with Crippen molar-refractivity contribution in [3.8, 4) is 0 Å². The predicted molar refractivity (Wildman–Crippen MR) is 49.6 cm³/mol. The molecule has 0 saturated carbocycles. The summed E-state index contributed by atoms with van der Waals surface area (Å²) in [5.41, 5.74) is 0. The zero-order valence-electron chi connectivity index (χ0n) is 8.53. The van der Waals surface area contributed by atoms with E-state index in [4.69, 9.17) is 0 Å². The molecule has 0 radical (unpaired) electrons. The monoisotopic (exact) mass is 240 g/mol. The van der Waals surface area contributed by atoms with Crippen LogP contribution in [0.1, 0.15) is 12.8 Å². The van der Waals surface area contributed by atoms with Gasteiger partial charge in [0.25, 0.3) is 17.7 Å². The fourth-order valence-corrected chi connectivity index (χ4v) is 1.46. The Morgan fingerprint density at radius 3 is 2.35 bits per heavy atom. The van der Waals surface area contributed by atoms with Crippen molar-refractivity contribution in [3.63, 3.8) is 0 Å². The van der Waals surface area contributed by atoms with Crippen LogP contribution in [0.2, 0.25) is 0 Å². The molecule has 8 nitrogen and oxygen atoms in total. The number of hydrogen-bond acceptors (Lipinski definition) is 6. The molecule has 2 aliphatic heterocycles. The number of aliphatic hydroxyl groups is 1. The van der Waals surface area contributed by atoms with Gasteiger partial charge in [0.05, 0.1) is 0 Å². The summed E-state index contributed by atoms with van der Waals surface area (Å²) in [4.78, 5) is 49.6. The summed E-state index contributed by atoms with van der Waals surface area (Å²) in [6.07, 6.45) is -0.565. The normalized spacial score (nSPS) is 23.8. The molecule has 8 heteroatoms. The molecule has 0 aromatic carbocycles. The lowest BCUT2D eigenvalue weighted by atomic mass is 10.4. The van der Waals surface area contributed by atoms with E-state index in [0.717, 1.165) is 12.2 Å². The predicted octanol–water partition coefficient (Wildman–Crippen LogP) is -1.10. The van der Waals surface area contributed by atoms with E-state index in [0.29, 0.717) is 5.06 Å². The molecule has 2 heterocycles. The first-order chi connectivity index (χ1) is 8.00. The van der Waals surface area contributed by atoms with E-state index in [1.807, 2.05) is 0 Å². The van der Waals surface area contributed by atoms with Gasteiger partial charge in [0.2, 0.25) is 0 Å². The van der Waals surface area contributed by atoms with Crippen molar-refractivity contribution in [2.24, 2.45) is 0 Å². The van der Waals surface area contributed by atoms with Crippen LogP contribution in [0.5, 0.6) is 0 Å². The van der Waals surface area contributed by atoms with Crippen LogP contribution in [0.15, 0.2) is 12.2 Å². The standard InChI is InChI=1S/C9H8N2O6/c12-5-1-2-6(13)10(5)9(16)17-11-7(14)3-4-8(11)15/h1-2,7,14H,3-4H2. The Kier molecular flexibility index (Phi) is 2.64. The van der Waals surface area contributed by atoms with E-state index in [1.54, 1.807) is 0 Å². The zero-order valence-corrected chi connectivity index (χ0v) is 8.53. The van der Waals surface area contributed by atoms with E-state index in [9.17, 15) is 24.3 Å².